The van der Waals surface area contributed by atoms with Crippen LogP contribution in [0.1, 0.15) is 5.56 Å². The number of nitro groups is 1. The third-order valence-corrected chi connectivity index (χ3v) is 2.17. The molecule has 0 amide bonds. The molecule has 0 spiro atoms. The molecule has 1 rings (SSSR count). The van der Waals surface area contributed by atoms with Crippen molar-refractivity contribution in [3.8, 4) is 0 Å². The van der Waals surface area contributed by atoms with Gasteiger partial charge >= 0.3 is 12.1 Å². The molecule has 1 aromatic carbocycles. The molecule has 0 radical (unpaired) electrons. The van der Waals surface area contributed by atoms with Crippen molar-refractivity contribution in [1.29, 1.82) is 0 Å². The summed E-state index contributed by atoms with van der Waals surface area (Å²) in [6.45, 7) is -0.386. The average Bonchev–Trinajstić information content (AvgIpc) is 2.34. The first-order valence-corrected chi connectivity index (χ1v) is 4.92. The molecular formula is C10H9F3N2O4. The summed E-state index contributed by atoms with van der Waals surface area (Å²) >= 11 is 0. The maximum Gasteiger partial charge on any atom is 0.416 e. The fourth-order valence-electron chi connectivity index (χ4n) is 1.25. The van der Waals surface area contributed by atoms with Gasteiger partial charge in [0.2, 0.25) is 0 Å². The summed E-state index contributed by atoms with van der Waals surface area (Å²) < 4.78 is 41.5. The van der Waals surface area contributed by atoms with Crippen LogP contribution in [0.2, 0.25) is 0 Å². The molecule has 0 saturated heterocycles. The second kappa shape index (κ2) is 5.55. The van der Waals surface area contributed by atoms with Gasteiger partial charge in [0.15, 0.2) is 0 Å². The molecule has 0 bridgehead atoms. The minimum Gasteiger partial charge on any atom is -0.468 e. The number of nitro benzene ring substituents is 1. The summed E-state index contributed by atoms with van der Waals surface area (Å²) in [7, 11) is 1.12. The number of ether oxygens (including phenoxy) is 1. The lowest BCUT2D eigenvalue weighted by Crippen LogP contribution is -2.16. The molecule has 104 valence electrons. The number of carbonyl (C=O) groups is 1. The maximum absolute atomic E-state index is 12.4. The van der Waals surface area contributed by atoms with Gasteiger partial charge in [-0.1, -0.05) is 0 Å². The van der Waals surface area contributed by atoms with Gasteiger partial charge in [-0.05, 0) is 12.1 Å². The summed E-state index contributed by atoms with van der Waals surface area (Å²) in [6, 6.07) is 1.98. The molecule has 6 nitrogen and oxygen atoms in total. The molecule has 0 aliphatic carbocycles. The third kappa shape index (κ3) is 3.83. The van der Waals surface area contributed by atoms with Crippen molar-refractivity contribution in [1.82, 2.24) is 0 Å². The molecule has 0 fully saturated rings. The lowest BCUT2D eigenvalue weighted by Gasteiger charge is -2.09. The number of rotatable bonds is 4. The van der Waals surface area contributed by atoms with Gasteiger partial charge in [-0.2, -0.15) is 13.2 Å². The highest BCUT2D eigenvalue weighted by Gasteiger charge is 2.33. The molecule has 0 atom stereocenters. The summed E-state index contributed by atoms with van der Waals surface area (Å²) in [5.74, 6) is -0.700. The zero-order chi connectivity index (χ0) is 14.6. The van der Waals surface area contributed by atoms with Gasteiger partial charge in [0.05, 0.1) is 17.6 Å². The van der Waals surface area contributed by atoms with Crippen molar-refractivity contribution in [3.63, 3.8) is 0 Å². The summed E-state index contributed by atoms with van der Waals surface area (Å²) in [4.78, 5) is 20.6. The van der Waals surface area contributed by atoms with E-state index < -0.39 is 28.3 Å². The average molecular weight is 278 g/mol. The van der Waals surface area contributed by atoms with E-state index in [0.717, 1.165) is 13.2 Å². The first-order valence-electron chi connectivity index (χ1n) is 4.92. The van der Waals surface area contributed by atoms with Crippen molar-refractivity contribution >= 4 is 17.3 Å². The number of benzene rings is 1. The Morgan fingerprint density at radius 3 is 2.58 bits per heavy atom. The van der Waals surface area contributed by atoms with Gasteiger partial charge in [0.25, 0.3) is 5.69 Å². The normalized spacial score (nSPS) is 10.9. The third-order valence-electron chi connectivity index (χ3n) is 2.17. The Morgan fingerprint density at radius 2 is 2.11 bits per heavy atom. The first-order chi connectivity index (χ1) is 8.75. The second-order valence-electron chi connectivity index (χ2n) is 3.42. The zero-order valence-corrected chi connectivity index (χ0v) is 9.65. The van der Waals surface area contributed by atoms with Crippen LogP contribution in [-0.4, -0.2) is 24.5 Å². The minimum atomic E-state index is -4.67. The largest absolute Gasteiger partial charge is 0.468 e. The van der Waals surface area contributed by atoms with Crippen molar-refractivity contribution in [2.75, 3.05) is 19.0 Å². The molecule has 0 aliphatic heterocycles. The molecule has 9 heteroatoms. The smallest absolute Gasteiger partial charge is 0.416 e. The van der Waals surface area contributed by atoms with Gasteiger partial charge in [-0.15, -0.1) is 0 Å². The molecule has 0 unspecified atom stereocenters. The van der Waals surface area contributed by atoms with Crippen LogP contribution in [0.15, 0.2) is 18.2 Å². The maximum atomic E-state index is 12.4. The number of alkyl halides is 3. The second-order valence-corrected chi connectivity index (χ2v) is 3.42. The van der Waals surface area contributed by atoms with Crippen LogP contribution in [0.4, 0.5) is 24.5 Å². The van der Waals surface area contributed by atoms with Crippen LogP contribution in [0, 0.1) is 10.1 Å². The van der Waals surface area contributed by atoms with Crippen LogP contribution < -0.4 is 5.32 Å². The zero-order valence-electron chi connectivity index (χ0n) is 9.65. The molecule has 1 aromatic rings. The van der Waals surface area contributed by atoms with E-state index in [9.17, 15) is 28.1 Å². The van der Waals surface area contributed by atoms with Crippen molar-refractivity contribution in [3.05, 3.63) is 33.9 Å². The quantitative estimate of drug-likeness (QED) is 0.518. The highest BCUT2D eigenvalue weighted by Crippen LogP contribution is 2.34. The van der Waals surface area contributed by atoms with Gasteiger partial charge in [-0.3, -0.25) is 14.9 Å². The predicted octanol–water partition coefficient (Wildman–Crippen LogP) is 2.20. The molecule has 1 N–H and O–H groups in total. The number of hydrogen-bond donors (Lipinski definition) is 1. The monoisotopic (exact) mass is 278 g/mol. The molecule has 0 aliphatic rings. The van der Waals surface area contributed by atoms with E-state index in [1.54, 1.807) is 0 Å². The number of halogens is 3. The summed E-state index contributed by atoms with van der Waals surface area (Å²) in [5.41, 5.74) is -2.09. The highest BCUT2D eigenvalue weighted by molar-refractivity contribution is 5.76. The first kappa shape index (κ1) is 14.7. The van der Waals surface area contributed by atoms with Crippen LogP contribution in [-0.2, 0) is 15.7 Å². The van der Waals surface area contributed by atoms with E-state index in [-0.39, 0.29) is 12.2 Å². The van der Waals surface area contributed by atoms with Crippen LogP contribution in [0.5, 0.6) is 0 Å². The molecule has 0 heterocycles. The van der Waals surface area contributed by atoms with Crippen LogP contribution in [0.25, 0.3) is 0 Å². The Kier molecular flexibility index (Phi) is 4.30. The number of nitrogens with one attached hydrogen (secondary N) is 1. The predicted molar refractivity (Wildman–Crippen MR) is 58.6 cm³/mol. The van der Waals surface area contributed by atoms with Gasteiger partial charge < -0.3 is 10.1 Å². The van der Waals surface area contributed by atoms with E-state index in [1.807, 2.05) is 0 Å². The lowest BCUT2D eigenvalue weighted by molar-refractivity contribution is -0.384. The van der Waals surface area contributed by atoms with Crippen molar-refractivity contribution < 1.29 is 27.6 Å². The Hall–Kier alpha value is -2.32. The fourth-order valence-corrected chi connectivity index (χ4v) is 1.25. The fraction of sp³-hybridized carbons (Fsp3) is 0.300. The van der Waals surface area contributed by atoms with Crippen LogP contribution >= 0.6 is 0 Å². The Morgan fingerprint density at radius 1 is 1.47 bits per heavy atom. The standard InChI is InChI=1S/C10H9F3N2O4/c1-19-9(16)5-14-7-3-2-6(10(11,12)13)4-8(7)15(17)18/h2-4,14H,5H2,1H3. The summed E-state index contributed by atoms with van der Waals surface area (Å²) in [5, 5.41) is 13.0. The number of carbonyl (C=O) groups excluding carboxylic acids is 1. The van der Waals surface area contributed by atoms with E-state index in [1.165, 1.54) is 0 Å². The van der Waals surface area contributed by atoms with E-state index >= 15 is 0 Å². The van der Waals surface area contributed by atoms with E-state index in [2.05, 4.69) is 10.1 Å². The number of esters is 1. The summed E-state index contributed by atoms with van der Waals surface area (Å²) in [6.07, 6.45) is -4.67. The van der Waals surface area contributed by atoms with E-state index in [0.29, 0.717) is 12.1 Å². The molecule has 0 saturated carbocycles. The Bertz CT molecular complexity index is 502. The highest BCUT2D eigenvalue weighted by atomic mass is 19.4. The number of anilines is 1. The number of hydrogen-bond acceptors (Lipinski definition) is 5. The van der Waals surface area contributed by atoms with Crippen molar-refractivity contribution in [2.24, 2.45) is 0 Å². The van der Waals surface area contributed by atoms with Crippen molar-refractivity contribution in [2.45, 2.75) is 6.18 Å². The lowest BCUT2D eigenvalue weighted by atomic mass is 10.1. The topological polar surface area (TPSA) is 81.5 Å². The Balaban J connectivity index is 3.05. The van der Waals surface area contributed by atoms with Gasteiger partial charge in [0.1, 0.15) is 12.2 Å². The van der Waals surface area contributed by atoms with Crippen LogP contribution in [0.3, 0.4) is 0 Å². The van der Waals surface area contributed by atoms with Gasteiger partial charge in [0, 0.05) is 6.07 Å². The molecule has 19 heavy (non-hydrogen) atoms. The molecular weight excluding hydrogens is 269 g/mol. The number of nitrogens with zero attached hydrogens (tertiary/aromatic N) is 1. The van der Waals surface area contributed by atoms with E-state index in [4.69, 9.17) is 0 Å². The molecule has 0 aromatic heterocycles. The Labute approximate surface area is 105 Å². The number of methoxy groups -OCH3 is 1. The minimum absolute atomic E-state index is 0.191. The van der Waals surface area contributed by atoms with Gasteiger partial charge in [-0.25, -0.2) is 0 Å². The SMILES string of the molecule is COC(=O)CNc1ccc(C(F)(F)F)cc1[N+](=O)[O-].